The summed E-state index contributed by atoms with van der Waals surface area (Å²) in [6, 6.07) is 3.63. The molecule has 5 heteroatoms. The molecule has 0 aromatic carbocycles. The van der Waals surface area contributed by atoms with Gasteiger partial charge in [-0.15, -0.1) is 0 Å². The van der Waals surface area contributed by atoms with Crippen molar-refractivity contribution in [2.45, 2.75) is 37.1 Å². The van der Waals surface area contributed by atoms with Crippen LogP contribution in [0.3, 0.4) is 0 Å². The lowest BCUT2D eigenvalue weighted by atomic mass is 10.2. The maximum atomic E-state index is 9.49. The first-order chi connectivity index (χ1) is 8.06. The Bertz CT molecular complexity index is 503. The third kappa shape index (κ3) is 2.87. The lowest BCUT2D eigenvalue weighted by Gasteiger charge is -2.04. The summed E-state index contributed by atoms with van der Waals surface area (Å²) in [5.74, 6) is 0.819. The predicted octanol–water partition coefficient (Wildman–Crippen LogP) is 2.89. The van der Waals surface area contributed by atoms with E-state index in [0.29, 0.717) is 5.22 Å². The average molecular weight is 250 g/mol. The lowest BCUT2D eigenvalue weighted by molar-refractivity contribution is 0.199. The van der Waals surface area contributed by atoms with Crippen molar-refractivity contribution in [3.8, 4) is 0 Å². The van der Waals surface area contributed by atoms with Crippen LogP contribution in [0.5, 0.6) is 0 Å². The summed E-state index contributed by atoms with van der Waals surface area (Å²) in [6.45, 7) is 5.51. The van der Waals surface area contributed by atoms with E-state index >= 15 is 0 Å². The first kappa shape index (κ1) is 12.1. The number of aliphatic hydroxyl groups excluding tert-OH is 1. The van der Waals surface area contributed by atoms with Crippen LogP contribution < -0.4 is 0 Å². The molecule has 2 rings (SSSR count). The van der Waals surface area contributed by atoms with Crippen molar-refractivity contribution >= 4 is 11.8 Å². The van der Waals surface area contributed by atoms with Gasteiger partial charge in [0, 0.05) is 6.20 Å². The Labute approximate surface area is 104 Å². The van der Waals surface area contributed by atoms with E-state index in [4.69, 9.17) is 4.42 Å². The zero-order valence-corrected chi connectivity index (χ0v) is 10.8. The number of rotatable bonds is 3. The monoisotopic (exact) mass is 250 g/mol. The largest absolute Gasteiger partial charge is 0.436 e. The third-order valence-corrected chi connectivity index (χ3v) is 3.22. The van der Waals surface area contributed by atoms with Crippen molar-refractivity contribution in [3.05, 3.63) is 35.3 Å². The molecule has 0 aliphatic heterocycles. The summed E-state index contributed by atoms with van der Waals surface area (Å²) in [4.78, 5) is 8.48. The molecule has 0 saturated heterocycles. The molecule has 0 fully saturated rings. The second kappa shape index (κ2) is 4.89. The van der Waals surface area contributed by atoms with Crippen molar-refractivity contribution in [1.82, 2.24) is 9.97 Å². The quantitative estimate of drug-likeness (QED) is 0.907. The lowest BCUT2D eigenvalue weighted by Crippen LogP contribution is -1.92. The number of hydrogen-bond acceptors (Lipinski definition) is 5. The van der Waals surface area contributed by atoms with Crippen LogP contribution >= 0.6 is 11.8 Å². The van der Waals surface area contributed by atoms with Crippen LogP contribution in [0.2, 0.25) is 0 Å². The number of aromatic nitrogens is 2. The molecule has 0 bridgehead atoms. The van der Waals surface area contributed by atoms with Gasteiger partial charge in [0.15, 0.2) is 0 Å². The SMILES string of the molecule is Cc1nc(Sc2cc([C@H](C)O)ccn2)oc1C. The van der Waals surface area contributed by atoms with E-state index in [1.165, 1.54) is 11.8 Å². The molecule has 0 radical (unpaired) electrons. The smallest absolute Gasteiger partial charge is 0.262 e. The van der Waals surface area contributed by atoms with Gasteiger partial charge in [0.1, 0.15) is 10.8 Å². The molecule has 2 aromatic heterocycles. The molecule has 1 atom stereocenters. The van der Waals surface area contributed by atoms with Crippen LogP contribution in [0.4, 0.5) is 0 Å². The van der Waals surface area contributed by atoms with Crippen LogP contribution in [0.25, 0.3) is 0 Å². The van der Waals surface area contributed by atoms with Crippen LogP contribution in [0, 0.1) is 13.8 Å². The van der Waals surface area contributed by atoms with Gasteiger partial charge in [-0.3, -0.25) is 0 Å². The Morgan fingerprint density at radius 3 is 2.76 bits per heavy atom. The minimum absolute atomic E-state index is 0.495. The van der Waals surface area contributed by atoms with Crippen LogP contribution in [0.1, 0.15) is 30.0 Å². The van der Waals surface area contributed by atoms with Gasteiger partial charge in [-0.05, 0) is 50.2 Å². The van der Waals surface area contributed by atoms with E-state index in [2.05, 4.69) is 9.97 Å². The van der Waals surface area contributed by atoms with Crippen LogP contribution in [0.15, 0.2) is 33.0 Å². The van der Waals surface area contributed by atoms with Gasteiger partial charge in [0.25, 0.3) is 5.22 Å². The minimum Gasteiger partial charge on any atom is -0.436 e. The molecule has 0 unspecified atom stereocenters. The standard InChI is InChI=1S/C12H14N2O2S/c1-7-9(3)16-12(14-7)17-11-6-10(8(2)15)4-5-13-11/h4-6,8,15H,1-3H3/t8-/m0/s1. The van der Waals surface area contributed by atoms with Crippen LogP contribution in [-0.4, -0.2) is 15.1 Å². The van der Waals surface area contributed by atoms with Gasteiger partial charge in [-0.1, -0.05) is 0 Å². The second-order valence-electron chi connectivity index (χ2n) is 3.83. The van der Waals surface area contributed by atoms with E-state index in [-0.39, 0.29) is 0 Å². The number of aliphatic hydroxyl groups is 1. The van der Waals surface area contributed by atoms with Gasteiger partial charge >= 0.3 is 0 Å². The van der Waals surface area contributed by atoms with Crippen LogP contribution in [-0.2, 0) is 0 Å². The van der Waals surface area contributed by atoms with Crippen molar-refractivity contribution in [2.75, 3.05) is 0 Å². The first-order valence-electron chi connectivity index (χ1n) is 5.32. The zero-order valence-electron chi connectivity index (χ0n) is 9.97. The highest BCUT2D eigenvalue weighted by Crippen LogP contribution is 2.28. The maximum Gasteiger partial charge on any atom is 0.262 e. The highest BCUT2D eigenvalue weighted by Gasteiger charge is 2.09. The summed E-state index contributed by atoms with van der Waals surface area (Å²) < 4.78 is 5.47. The molecule has 2 aromatic rings. The summed E-state index contributed by atoms with van der Waals surface area (Å²) in [7, 11) is 0. The number of pyridine rings is 1. The molecule has 0 amide bonds. The highest BCUT2D eigenvalue weighted by molar-refractivity contribution is 7.99. The molecule has 0 aliphatic rings. The Morgan fingerprint density at radius 2 is 2.18 bits per heavy atom. The van der Waals surface area contributed by atoms with Gasteiger partial charge < -0.3 is 9.52 Å². The molecule has 0 aliphatic carbocycles. The van der Waals surface area contributed by atoms with Gasteiger partial charge in [0.05, 0.1) is 11.8 Å². The second-order valence-corrected chi connectivity index (χ2v) is 4.80. The Hall–Kier alpha value is -1.33. The van der Waals surface area contributed by atoms with E-state index in [1.54, 1.807) is 19.2 Å². The summed E-state index contributed by atoms with van der Waals surface area (Å²) in [5.41, 5.74) is 1.72. The third-order valence-electron chi connectivity index (χ3n) is 2.44. The fourth-order valence-electron chi connectivity index (χ4n) is 1.32. The number of aryl methyl sites for hydroxylation is 2. The number of nitrogens with zero attached hydrogens (tertiary/aromatic N) is 2. The van der Waals surface area contributed by atoms with Crippen molar-refractivity contribution in [1.29, 1.82) is 0 Å². The predicted molar refractivity (Wildman–Crippen MR) is 65.0 cm³/mol. The van der Waals surface area contributed by atoms with Crippen molar-refractivity contribution in [3.63, 3.8) is 0 Å². The highest BCUT2D eigenvalue weighted by atomic mass is 32.2. The molecule has 90 valence electrons. The van der Waals surface area contributed by atoms with E-state index in [1.807, 2.05) is 19.9 Å². The van der Waals surface area contributed by atoms with E-state index in [9.17, 15) is 5.11 Å². The Balaban J connectivity index is 2.21. The van der Waals surface area contributed by atoms with Crippen molar-refractivity contribution in [2.24, 2.45) is 0 Å². The molecule has 0 saturated carbocycles. The molecular weight excluding hydrogens is 236 g/mol. The molecule has 1 N–H and O–H groups in total. The summed E-state index contributed by atoms with van der Waals surface area (Å²) in [5, 5.41) is 10.8. The molecular formula is C12H14N2O2S. The normalized spacial score (nSPS) is 12.7. The maximum absolute atomic E-state index is 9.49. The molecule has 4 nitrogen and oxygen atoms in total. The average Bonchev–Trinajstić information content (AvgIpc) is 2.58. The fourth-order valence-corrected chi connectivity index (χ4v) is 2.15. The first-order valence-corrected chi connectivity index (χ1v) is 6.14. The van der Waals surface area contributed by atoms with E-state index < -0.39 is 6.10 Å². The minimum atomic E-state index is -0.495. The molecule has 2 heterocycles. The Morgan fingerprint density at radius 1 is 1.41 bits per heavy atom. The number of oxazole rings is 1. The Kier molecular flexibility index (Phi) is 3.49. The van der Waals surface area contributed by atoms with Gasteiger partial charge in [-0.25, -0.2) is 9.97 Å². The van der Waals surface area contributed by atoms with Crippen molar-refractivity contribution < 1.29 is 9.52 Å². The van der Waals surface area contributed by atoms with Gasteiger partial charge in [-0.2, -0.15) is 0 Å². The summed E-state index contributed by atoms with van der Waals surface area (Å²) in [6.07, 6.45) is 1.18. The number of hydrogen-bond donors (Lipinski definition) is 1. The zero-order chi connectivity index (χ0) is 12.4. The fraction of sp³-hybridized carbons (Fsp3) is 0.333. The topological polar surface area (TPSA) is 59.2 Å². The molecule has 17 heavy (non-hydrogen) atoms. The van der Waals surface area contributed by atoms with Gasteiger partial charge in [0.2, 0.25) is 0 Å². The van der Waals surface area contributed by atoms with E-state index in [0.717, 1.165) is 22.0 Å². The summed E-state index contributed by atoms with van der Waals surface area (Å²) >= 11 is 1.35. The molecule has 0 spiro atoms.